The SMILES string of the molecule is O=C(N[C@H]1CC=CC[C@@H]1C(=O)O)OCc1ccccc1. The second-order valence-corrected chi connectivity index (χ2v) is 4.70. The quantitative estimate of drug-likeness (QED) is 0.827. The lowest BCUT2D eigenvalue weighted by Crippen LogP contribution is -2.44. The fourth-order valence-electron chi connectivity index (χ4n) is 2.16. The van der Waals surface area contributed by atoms with Crippen LogP contribution in [0.2, 0.25) is 0 Å². The van der Waals surface area contributed by atoms with E-state index in [9.17, 15) is 9.59 Å². The highest BCUT2D eigenvalue weighted by Gasteiger charge is 2.30. The van der Waals surface area contributed by atoms with Crippen LogP contribution < -0.4 is 5.32 Å². The maximum absolute atomic E-state index is 11.7. The Labute approximate surface area is 117 Å². The zero-order valence-electron chi connectivity index (χ0n) is 11.0. The van der Waals surface area contributed by atoms with Gasteiger partial charge in [0.1, 0.15) is 6.61 Å². The Kier molecular flexibility index (Phi) is 4.76. The molecule has 2 N–H and O–H groups in total. The van der Waals surface area contributed by atoms with Crippen molar-refractivity contribution >= 4 is 12.1 Å². The van der Waals surface area contributed by atoms with Gasteiger partial charge < -0.3 is 15.2 Å². The summed E-state index contributed by atoms with van der Waals surface area (Å²) in [6.07, 6.45) is 4.06. The van der Waals surface area contributed by atoms with Gasteiger partial charge in [0.2, 0.25) is 0 Å². The number of hydrogen-bond donors (Lipinski definition) is 2. The van der Waals surface area contributed by atoms with Crippen molar-refractivity contribution in [3.05, 3.63) is 48.0 Å². The molecule has 0 saturated carbocycles. The van der Waals surface area contributed by atoms with Gasteiger partial charge in [-0.25, -0.2) is 4.79 Å². The first-order valence-corrected chi connectivity index (χ1v) is 6.52. The van der Waals surface area contributed by atoms with Gasteiger partial charge in [-0.2, -0.15) is 0 Å². The van der Waals surface area contributed by atoms with Crippen molar-refractivity contribution in [2.45, 2.75) is 25.5 Å². The standard InChI is InChI=1S/C15H17NO4/c17-14(18)12-8-4-5-9-13(12)16-15(19)20-10-11-6-2-1-3-7-11/h1-7,12-13H,8-10H2,(H,16,19)(H,17,18)/t12-,13-/m0/s1. The number of allylic oxidation sites excluding steroid dienone is 1. The first-order valence-electron chi connectivity index (χ1n) is 6.52. The number of rotatable bonds is 4. The van der Waals surface area contributed by atoms with E-state index >= 15 is 0 Å². The average Bonchev–Trinajstić information content (AvgIpc) is 2.46. The monoisotopic (exact) mass is 275 g/mol. The molecule has 0 saturated heterocycles. The molecule has 1 amide bonds. The molecule has 0 radical (unpaired) electrons. The van der Waals surface area contributed by atoms with Crippen molar-refractivity contribution in [2.75, 3.05) is 0 Å². The smallest absolute Gasteiger partial charge is 0.407 e. The molecule has 20 heavy (non-hydrogen) atoms. The van der Waals surface area contributed by atoms with Crippen LogP contribution in [0.5, 0.6) is 0 Å². The van der Waals surface area contributed by atoms with E-state index in [2.05, 4.69) is 5.32 Å². The second kappa shape index (κ2) is 6.75. The molecule has 1 aliphatic rings. The lowest BCUT2D eigenvalue weighted by Gasteiger charge is -2.25. The van der Waals surface area contributed by atoms with Crippen molar-refractivity contribution < 1.29 is 19.4 Å². The lowest BCUT2D eigenvalue weighted by molar-refractivity contribution is -0.142. The molecule has 0 aromatic heterocycles. The van der Waals surface area contributed by atoms with Gasteiger partial charge in [-0.3, -0.25) is 4.79 Å². The maximum atomic E-state index is 11.7. The van der Waals surface area contributed by atoms with Crippen LogP contribution in [-0.2, 0) is 16.1 Å². The number of alkyl carbamates (subject to hydrolysis) is 1. The minimum absolute atomic E-state index is 0.174. The van der Waals surface area contributed by atoms with E-state index in [0.717, 1.165) is 5.56 Å². The third kappa shape index (κ3) is 3.85. The van der Waals surface area contributed by atoms with E-state index in [1.807, 2.05) is 42.5 Å². The predicted molar refractivity (Wildman–Crippen MR) is 73.1 cm³/mol. The molecule has 0 aliphatic heterocycles. The Balaban J connectivity index is 1.84. The Morgan fingerprint density at radius 3 is 2.60 bits per heavy atom. The summed E-state index contributed by atoms with van der Waals surface area (Å²) in [5, 5.41) is 11.7. The van der Waals surface area contributed by atoms with Gasteiger partial charge in [-0.05, 0) is 18.4 Å². The highest BCUT2D eigenvalue weighted by Crippen LogP contribution is 2.19. The highest BCUT2D eigenvalue weighted by molar-refractivity contribution is 5.74. The number of amides is 1. The van der Waals surface area contributed by atoms with E-state index in [0.29, 0.717) is 12.8 Å². The number of carbonyl (C=O) groups is 2. The molecule has 5 nitrogen and oxygen atoms in total. The number of carboxylic acids is 1. The van der Waals surface area contributed by atoms with Crippen LogP contribution in [0, 0.1) is 5.92 Å². The van der Waals surface area contributed by atoms with Crippen LogP contribution in [0.4, 0.5) is 4.79 Å². The molecule has 1 aromatic carbocycles. The Morgan fingerprint density at radius 1 is 1.20 bits per heavy atom. The molecule has 0 bridgehead atoms. The molecule has 0 spiro atoms. The van der Waals surface area contributed by atoms with Gasteiger partial charge in [0, 0.05) is 6.04 Å². The normalized spacial score (nSPS) is 21.2. The van der Waals surface area contributed by atoms with Crippen molar-refractivity contribution in [3.8, 4) is 0 Å². The van der Waals surface area contributed by atoms with Crippen LogP contribution >= 0.6 is 0 Å². The lowest BCUT2D eigenvalue weighted by atomic mass is 9.89. The Morgan fingerprint density at radius 2 is 1.90 bits per heavy atom. The van der Waals surface area contributed by atoms with Gasteiger partial charge in [0.05, 0.1) is 5.92 Å². The third-order valence-corrected chi connectivity index (χ3v) is 3.27. The number of ether oxygens (including phenoxy) is 1. The number of aliphatic carboxylic acids is 1. The van der Waals surface area contributed by atoms with Crippen LogP contribution in [0.1, 0.15) is 18.4 Å². The van der Waals surface area contributed by atoms with Gasteiger partial charge >= 0.3 is 12.1 Å². The molecule has 2 atom stereocenters. The molecular weight excluding hydrogens is 258 g/mol. The Bertz CT molecular complexity index is 498. The number of benzene rings is 1. The van der Waals surface area contributed by atoms with Crippen LogP contribution in [0.3, 0.4) is 0 Å². The summed E-state index contributed by atoms with van der Waals surface area (Å²) in [5.74, 6) is -1.49. The second-order valence-electron chi connectivity index (χ2n) is 4.70. The molecule has 106 valence electrons. The molecule has 1 aromatic rings. The zero-order chi connectivity index (χ0) is 14.4. The summed E-state index contributed by atoms with van der Waals surface area (Å²) in [6.45, 7) is 0.174. The Hall–Kier alpha value is -2.30. The summed E-state index contributed by atoms with van der Waals surface area (Å²) < 4.78 is 5.09. The van der Waals surface area contributed by atoms with Crippen LogP contribution in [0.15, 0.2) is 42.5 Å². The van der Waals surface area contributed by atoms with Crippen LogP contribution in [0.25, 0.3) is 0 Å². The number of carbonyl (C=O) groups excluding carboxylic acids is 1. The van der Waals surface area contributed by atoms with Crippen LogP contribution in [-0.4, -0.2) is 23.2 Å². The molecule has 1 aliphatic carbocycles. The number of hydrogen-bond acceptors (Lipinski definition) is 3. The molecule has 0 heterocycles. The van der Waals surface area contributed by atoms with Crippen molar-refractivity contribution in [3.63, 3.8) is 0 Å². The van der Waals surface area contributed by atoms with E-state index in [1.165, 1.54) is 0 Å². The highest BCUT2D eigenvalue weighted by atomic mass is 16.5. The summed E-state index contributed by atoms with van der Waals surface area (Å²) in [6, 6.07) is 8.91. The number of nitrogens with one attached hydrogen (secondary N) is 1. The number of carboxylic acid groups (broad SMARTS) is 1. The van der Waals surface area contributed by atoms with Gasteiger partial charge in [-0.1, -0.05) is 42.5 Å². The fourth-order valence-corrected chi connectivity index (χ4v) is 2.16. The largest absolute Gasteiger partial charge is 0.481 e. The van der Waals surface area contributed by atoms with Crippen molar-refractivity contribution in [1.82, 2.24) is 5.32 Å². The minimum atomic E-state index is -0.900. The van der Waals surface area contributed by atoms with E-state index in [1.54, 1.807) is 0 Å². The summed E-state index contributed by atoms with van der Waals surface area (Å²) in [7, 11) is 0. The van der Waals surface area contributed by atoms with Crippen molar-refractivity contribution in [1.29, 1.82) is 0 Å². The third-order valence-electron chi connectivity index (χ3n) is 3.27. The van der Waals surface area contributed by atoms with Crippen molar-refractivity contribution in [2.24, 2.45) is 5.92 Å². The topological polar surface area (TPSA) is 75.6 Å². The molecule has 0 fully saturated rings. The van der Waals surface area contributed by atoms with Gasteiger partial charge in [0.15, 0.2) is 0 Å². The first-order chi connectivity index (χ1) is 9.66. The van der Waals surface area contributed by atoms with E-state index in [-0.39, 0.29) is 6.61 Å². The van der Waals surface area contributed by atoms with E-state index in [4.69, 9.17) is 9.84 Å². The molecular formula is C15H17NO4. The zero-order valence-corrected chi connectivity index (χ0v) is 11.0. The maximum Gasteiger partial charge on any atom is 0.407 e. The fraction of sp³-hybridized carbons (Fsp3) is 0.333. The average molecular weight is 275 g/mol. The molecule has 2 rings (SSSR count). The predicted octanol–water partition coefficient (Wildman–Crippen LogP) is 2.33. The van der Waals surface area contributed by atoms with Gasteiger partial charge in [0.25, 0.3) is 0 Å². The minimum Gasteiger partial charge on any atom is -0.481 e. The van der Waals surface area contributed by atoms with E-state index < -0.39 is 24.0 Å². The summed E-state index contributed by atoms with van der Waals surface area (Å²) in [5.41, 5.74) is 0.890. The summed E-state index contributed by atoms with van der Waals surface area (Å²) >= 11 is 0. The van der Waals surface area contributed by atoms with Gasteiger partial charge in [-0.15, -0.1) is 0 Å². The first kappa shape index (κ1) is 14.1. The summed E-state index contributed by atoms with van der Waals surface area (Å²) in [4.78, 5) is 22.8. The molecule has 5 heteroatoms. The molecule has 0 unspecified atom stereocenters.